The number of non-ortho nitro benzene ring substituents is 1. The van der Waals surface area contributed by atoms with Gasteiger partial charge in [-0.1, -0.05) is 6.07 Å². The van der Waals surface area contributed by atoms with Crippen LogP contribution in [0.4, 0.5) is 11.4 Å². The van der Waals surface area contributed by atoms with E-state index in [1.165, 1.54) is 12.1 Å². The molecular formula is C12H18N4O2S. The molecule has 2 N–H and O–H groups in total. The average molecular weight is 282 g/mol. The van der Waals surface area contributed by atoms with Crippen molar-refractivity contribution in [1.82, 2.24) is 10.2 Å². The number of hydrogen-bond acceptors (Lipinski definition) is 4. The van der Waals surface area contributed by atoms with Gasteiger partial charge in [0.25, 0.3) is 5.69 Å². The minimum absolute atomic E-state index is 0.0420. The van der Waals surface area contributed by atoms with E-state index >= 15 is 0 Å². The van der Waals surface area contributed by atoms with Gasteiger partial charge >= 0.3 is 0 Å². The zero-order valence-electron chi connectivity index (χ0n) is 11.0. The Balaban J connectivity index is 2.40. The molecule has 0 aliphatic rings. The number of nitro benzene ring substituents is 1. The second-order valence-electron chi connectivity index (χ2n) is 4.35. The summed E-state index contributed by atoms with van der Waals surface area (Å²) in [5.74, 6) is 0. The Bertz CT molecular complexity index is 451. The van der Waals surface area contributed by atoms with Gasteiger partial charge < -0.3 is 15.5 Å². The third-order valence-electron chi connectivity index (χ3n) is 2.38. The lowest BCUT2D eigenvalue weighted by Gasteiger charge is -2.12. The molecule has 0 heterocycles. The predicted molar refractivity (Wildman–Crippen MR) is 80.5 cm³/mol. The summed E-state index contributed by atoms with van der Waals surface area (Å²) in [4.78, 5) is 12.3. The molecular weight excluding hydrogens is 264 g/mol. The molecule has 6 nitrogen and oxygen atoms in total. The molecule has 0 amide bonds. The van der Waals surface area contributed by atoms with Crippen LogP contribution in [0.15, 0.2) is 24.3 Å². The highest BCUT2D eigenvalue weighted by molar-refractivity contribution is 7.80. The van der Waals surface area contributed by atoms with Crippen LogP contribution >= 0.6 is 12.2 Å². The summed E-state index contributed by atoms with van der Waals surface area (Å²) in [5.41, 5.74) is 0.653. The SMILES string of the molecule is CN(C)CCCNC(=S)Nc1cccc([N+](=O)[O-])c1. The van der Waals surface area contributed by atoms with E-state index in [4.69, 9.17) is 12.2 Å². The van der Waals surface area contributed by atoms with Crippen molar-refractivity contribution in [3.05, 3.63) is 34.4 Å². The van der Waals surface area contributed by atoms with Gasteiger partial charge in [0.2, 0.25) is 0 Å². The van der Waals surface area contributed by atoms with E-state index in [2.05, 4.69) is 15.5 Å². The summed E-state index contributed by atoms with van der Waals surface area (Å²) < 4.78 is 0. The van der Waals surface area contributed by atoms with Gasteiger partial charge in [-0.3, -0.25) is 10.1 Å². The highest BCUT2D eigenvalue weighted by Crippen LogP contribution is 2.16. The molecule has 0 fully saturated rings. The first kappa shape index (κ1) is 15.3. The minimum Gasteiger partial charge on any atom is -0.362 e. The van der Waals surface area contributed by atoms with Crippen LogP contribution in [0.5, 0.6) is 0 Å². The van der Waals surface area contributed by atoms with Crippen molar-refractivity contribution in [2.24, 2.45) is 0 Å². The van der Waals surface area contributed by atoms with Crippen LogP contribution in [-0.2, 0) is 0 Å². The van der Waals surface area contributed by atoms with Gasteiger partial charge in [0.1, 0.15) is 0 Å². The van der Waals surface area contributed by atoms with Crippen molar-refractivity contribution in [2.45, 2.75) is 6.42 Å². The number of hydrogen-bond donors (Lipinski definition) is 2. The normalized spacial score (nSPS) is 10.3. The lowest BCUT2D eigenvalue weighted by molar-refractivity contribution is -0.384. The fraction of sp³-hybridized carbons (Fsp3) is 0.417. The van der Waals surface area contributed by atoms with Crippen molar-refractivity contribution in [2.75, 3.05) is 32.5 Å². The predicted octanol–water partition coefficient (Wildman–Crippen LogP) is 1.83. The number of thiocarbonyl (C=S) groups is 1. The molecule has 1 rings (SSSR count). The smallest absolute Gasteiger partial charge is 0.271 e. The fourth-order valence-electron chi connectivity index (χ4n) is 1.47. The van der Waals surface area contributed by atoms with Gasteiger partial charge in [0.05, 0.1) is 4.92 Å². The first-order chi connectivity index (χ1) is 8.99. The number of anilines is 1. The summed E-state index contributed by atoms with van der Waals surface area (Å²) in [6, 6.07) is 6.25. The van der Waals surface area contributed by atoms with E-state index in [1.54, 1.807) is 12.1 Å². The van der Waals surface area contributed by atoms with E-state index in [-0.39, 0.29) is 5.69 Å². The van der Waals surface area contributed by atoms with Crippen molar-refractivity contribution < 1.29 is 4.92 Å². The largest absolute Gasteiger partial charge is 0.362 e. The zero-order chi connectivity index (χ0) is 14.3. The molecule has 0 bridgehead atoms. The Morgan fingerprint density at radius 2 is 2.21 bits per heavy atom. The third-order valence-corrected chi connectivity index (χ3v) is 2.63. The van der Waals surface area contributed by atoms with Crippen LogP contribution in [0.1, 0.15) is 6.42 Å². The molecule has 0 radical (unpaired) electrons. The van der Waals surface area contributed by atoms with Crippen LogP contribution in [0.25, 0.3) is 0 Å². The van der Waals surface area contributed by atoms with Crippen molar-refractivity contribution >= 4 is 28.7 Å². The molecule has 0 unspecified atom stereocenters. The highest BCUT2D eigenvalue weighted by atomic mass is 32.1. The monoisotopic (exact) mass is 282 g/mol. The maximum atomic E-state index is 10.6. The molecule has 0 spiro atoms. The van der Waals surface area contributed by atoms with Gasteiger partial charge in [-0.2, -0.15) is 0 Å². The summed E-state index contributed by atoms with van der Waals surface area (Å²) in [6.07, 6.45) is 0.976. The Morgan fingerprint density at radius 3 is 2.84 bits per heavy atom. The molecule has 1 aromatic carbocycles. The molecule has 0 aliphatic carbocycles. The van der Waals surface area contributed by atoms with Crippen molar-refractivity contribution in [3.63, 3.8) is 0 Å². The molecule has 1 aromatic rings. The Kier molecular flexibility index (Phi) is 6.17. The van der Waals surface area contributed by atoms with Gasteiger partial charge in [-0.15, -0.1) is 0 Å². The Morgan fingerprint density at radius 1 is 1.47 bits per heavy atom. The van der Waals surface area contributed by atoms with Crippen LogP contribution < -0.4 is 10.6 Å². The quantitative estimate of drug-likeness (QED) is 0.359. The molecule has 0 saturated carbocycles. The standard InChI is InChI=1S/C12H18N4O2S/c1-15(2)8-4-7-13-12(19)14-10-5-3-6-11(9-10)16(17)18/h3,5-6,9H,4,7-8H2,1-2H3,(H2,13,14,19). The summed E-state index contributed by atoms with van der Waals surface area (Å²) in [7, 11) is 4.03. The first-order valence-electron chi connectivity index (χ1n) is 5.93. The lowest BCUT2D eigenvalue weighted by atomic mass is 10.3. The van der Waals surface area contributed by atoms with Crippen LogP contribution in [0.3, 0.4) is 0 Å². The molecule has 104 valence electrons. The highest BCUT2D eigenvalue weighted by Gasteiger charge is 2.06. The number of benzene rings is 1. The van der Waals surface area contributed by atoms with Crippen molar-refractivity contribution in [3.8, 4) is 0 Å². The molecule has 0 aliphatic heterocycles. The third kappa shape index (κ3) is 6.12. The van der Waals surface area contributed by atoms with E-state index < -0.39 is 4.92 Å². The molecule has 7 heteroatoms. The summed E-state index contributed by atoms with van der Waals surface area (Å²) in [5, 5.41) is 17.1. The number of nitrogens with zero attached hydrogens (tertiary/aromatic N) is 2. The van der Waals surface area contributed by atoms with Crippen LogP contribution in [-0.4, -0.2) is 42.1 Å². The fourth-order valence-corrected chi connectivity index (χ4v) is 1.69. The van der Waals surface area contributed by atoms with Crippen LogP contribution in [0.2, 0.25) is 0 Å². The Labute approximate surface area is 117 Å². The van der Waals surface area contributed by atoms with Crippen molar-refractivity contribution in [1.29, 1.82) is 0 Å². The number of rotatable bonds is 6. The van der Waals surface area contributed by atoms with Gasteiger partial charge in [0, 0.05) is 24.4 Å². The van der Waals surface area contributed by atoms with Gasteiger partial charge in [0.15, 0.2) is 5.11 Å². The van der Waals surface area contributed by atoms with E-state index in [0.29, 0.717) is 10.8 Å². The number of nitrogens with one attached hydrogen (secondary N) is 2. The molecule has 0 aromatic heterocycles. The number of nitro groups is 1. The van der Waals surface area contributed by atoms with Gasteiger partial charge in [-0.25, -0.2) is 0 Å². The topological polar surface area (TPSA) is 70.4 Å². The molecule has 0 atom stereocenters. The minimum atomic E-state index is -0.432. The van der Waals surface area contributed by atoms with E-state index in [9.17, 15) is 10.1 Å². The Hall–Kier alpha value is -1.73. The maximum absolute atomic E-state index is 10.6. The zero-order valence-corrected chi connectivity index (χ0v) is 11.9. The molecule has 19 heavy (non-hydrogen) atoms. The lowest BCUT2D eigenvalue weighted by Crippen LogP contribution is -2.30. The molecule has 0 saturated heterocycles. The average Bonchev–Trinajstić information content (AvgIpc) is 2.34. The van der Waals surface area contributed by atoms with E-state index in [1.807, 2.05) is 14.1 Å². The second-order valence-corrected chi connectivity index (χ2v) is 4.75. The maximum Gasteiger partial charge on any atom is 0.271 e. The van der Waals surface area contributed by atoms with Crippen LogP contribution in [0, 0.1) is 10.1 Å². The first-order valence-corrected chi connectivity index (χ1v) is 6.34. The van der Waals surface area contributed by atoms with E-state index in [0.717, 1.165) is 19.5 Å². The van der Waals surface area contributed by atoms with Gasteiger partial charge in [-0.05, 0) is 45.3 Å². The summed E-state index contributed by atoms with van der Waals surface area (Å²) >= 11 is 5.12. The second kappa shape index (κ2) is 7.65. The summed E-state index contributed by atoms with van der Waals surface area (Å²) in [6.45, 7) is 1.74.